The smallest absolute Gasteiger partial charge is 0.0437 e. The molecule has 142 valence electrons. The number of benzene rings is 1. The van der Waals surface area contributed by atoms with E-state index in [1.807, 2.05) is 0 Å². The SMILES string of the molecule is CCC1CCc2cccc(C3C(C)C(C)C4C(C)=C(C)SC43)c2N1CC. The lowest BCUT2D eigenvalue weighted by Gasteiger charge is -2.41. The third-order valence-electron chi connectivity index (χ3n) is 7.84. The van der Waals surface area contributed by atoms with Gasteiger partial charge >= 0.3 is 0 Å². The van der Waals surface area contributed by atoms with Gasteiger partial charge in [0.25, 0.3) is 0 Å². The van der Waals surface area contributed by atoms with E-state index in [1.165, 1.54) is 19.3 Å². The van der Waals surface area contributed by atoms with Crippen molar-refractivity contribution in [2.24, 2.45) is 17.8 Å². The van der Waals surface area contributed by atoms with E-state index < -0.39 is 0 Å². The van der Waals surface area contributed by atoms with Gasteiger partial charge in [-0.3, -0.25) is 0 Å². The van der Waals surface area contributed by atoms with Crippen molar-refractivity contribution in [3.8, 4) is 0 Å². The summed E-state index contributed by atoms with van der Waals surface area (Å²) in [6.45, 7) is 15.6. The minimum Gasteiger partial charge on any atom is -0.368 e. The zero-order valence-electron chi connectivity index (χ0n) is 17.4. The first-order valence-corrected chi connectivity index (χ1v) is 11.6. The summed E-state index contributed by atoms with van der Waals surface area (Å²) in [6.07, 6.45) is 3.84. The van der Waals surface area contributed by atoms with E-state index in [0.29, 0.717) is 5.92 Å². The number of allylic oxidation sites excluding steroid dienone is 2. The lowest BCUT2D eigenvalue weighted by atomic mass is 9.82. The minimum absolute atomic E-state index is 0.687. The summed E-state index contributed by atoms with van der Waals surface area (Å²) >= 11 is 2.18. The number of fused-ring (bicyclic) bond motifs is 2. The molecule has 0 spiro atoms. The van der Waals surface area contributed by atoms with E-state index in [0.717, 1.165) is 35.6 Å². The van der Waals surface area contributed by atoms with Gasteiger partial charge in [0.2, 0.25) is 0 Å². The fourth-order valence-corrected chi connectivity index (χ4v) is 8.06. The summed E-state index contributed by atoms with van der Waals surface area (Å²) in [7, 11) is 0. The van der Waals surface area contributed by atoms with Gasteiger partial charge in [-0.15, -0.1) is 11.8 Å². The molecule has 2 aliphatic heterocycles. The zero-order valence-corrected chi connectivity index (χ0v) is 18.2. The molecule has 26 heavy (non-hydrogen) atoms. The molecule has 2 heterocycles. The molecule has 0 aromatic heterocycles. The van der Waals surface area contributed by atoms with Crippen molar-refractivity contribution in [1.29, 1.82) is 0 Å². The van der Waals surface area contributed by atoms with Gasteiger partial charge in [-0.1, -0.05) is 44.5 Å². The highest BCUT2D eigenvalue weighted by Gasteiger charge is 2.52. The second-order valence-corrected chi connectivity index (χ2v) is 10.2. The molecular formula is C24H35NS. The molecule has 2 heteroatoms. The van der Waals surface area contributed by atoms with E-state index in [-0.39, 0.29) is 0 Å². The lowest BCUT2D eigenvalue weighted by Crippen LogP contribution is -2.40. The first-order chi connectivity index (χ1) is 12.5. The summed E-state index contributed by atoms with van der Waals surface area (Å²) in [5, 5.41) is 0.743. The number of nitrogens with zero attached hydrogens (tertiary/aromatic N) is 1. The topological polar surface area (TPSA) is 3.24 Å². The molecule has 1 aromatic carbocycles. The summed E-state index contributed by atoms with van der Waals surface area (Å²) < 4.78 is 0. The van der Waals surface area contributed by atoms with Crippen LogP contribution in [0, 0.1) is 17.8 Å². The lowest BCUT2D eigenvalue weighted by molar-refractivity contribution is 0.381. The zero-order chi connectivity index (χ0) is 18.6. The molecule has 1 aromatic rings. The third kappa shape index (κ3) is 2.58. The maximum Gasteiger partial charge on any atom is 0.0437 e. The maximum absolute atomic E-state index is 2.74. The highest BCUT2D eigenvalue weighted by molar-refractivity contribution is 8.04. The van der Waals surface area contributed by atoms with E-state index in [4.69, 9.17) is 0 Å². The third-order valence-corrected chi connectivity index (χ3v) is 9.37. The summed E-state index contributed by atoms with van der Waals surface area (Å²) in [5.41, 5.74) is 6.54. The number of thioether (sulfide) groups is 1. The van der Waals surface area contributed by atoms with Crippen LogP contribution in [0.4, 0.5) is 5.69 Å². The monoisotopic (exact) mass is 369 g/mol. The Morgan fingerprint density at radius 2 is 1.81 bits per heavy atom. The van der Waals surface area contributed by atoms with Crippen LogP contribution in [0.3, 0.4) is 0 Å². The Balaban J connectivity index is 1.80. The molecule has 1 nitrogen and oxygen atoms in total. The largest absolute Gasteiger partial charge is 0.368 e. The van der Waals surface area contributed by atoms with Gasteiger partial charge < -0.3 is 4.90 Å². The molecule has 1 aliphatic carbocycles. The predicted molar refractivity (Wildman–Crippen MR) is 116 cm³/mol. The molecule has 6 atom stereocenters. The molecule has 0 bridgehead atoms. The Kier molecular flexibility index (Phi) is 4.92. The van der Waals surface area contributed by atoms with Gasteiger partial charge in [-0.2, -0.15) is 0 Å². The van der Waals surface area contributed by atoms with Gasteiger partial charge in [0.05, 0.1) is 0 Å². The Bertz CT molecular complexity index is 721. The van der Waals surface area contributed by atoms with Crippen LogP contribution < -0.4 is 4.90 Å². The molecule has 0 amide bonds. The van der Waals surface area contributed by atoms with Crippen LogP contribution in [0.5, 0.6) is 0 Å². The van der Waals surface area contributed by atoms with Crippen LogP contribution in [0.15, 0.2) is 28.7 Å². The molecular weight excluding hydrogens is 334 g/mol. The standard InChI is InChI=1S/C24H35NS/c1-7-19-13-12-18-10-9-11-20(23(18)25(19)8-2)22-15(4)14(3)21-16(5)17(6)26-24(21)22/h9-11,14-15,19,21-22,24H,7-8,12-13H2,1-6H3. The van der Waals surface area contributed by atoms with Crippen molar-refractivity contribution >= 4 is 17.4 Å². The van der Waals surface area contributed by atoms with Crippen LogP contribution in [0.1, 0.15) is 71.4 Å². The molecule has 0 N–H and O–H groups in total. The average molecular weight is 370 g/mol. The van der Waals surface area contributed by atoms with Crippen molar-refractivity contribution in [3.63, 3.8) is 0 Å². The highest BCUT2D eigenvalue weighted by atomic mass is 32.2. The fraction of sp³-hybridized carbons (Fsp3) is 0.667. The quantitative estimate of drug-likeness (QED) is 0.588. The number of aryl methyl sites for hydroxylation is 1. The predicted octanol–water partition coefficient (Wildman–Crippen LogP) is 6.63. The van der Waals surface area contributed by atoms with Gasteiger partial charge in [0.1, 0.15) is 0 Å². The van der Waals surface area contributed by atoms with Gasteiger partial charge in [-0.25, -0.2) is 0 Å². The fourth-order valence-electron chi connectivity index (χ4n) is 6.19. The van der Waals surface area contributed by atoms with E-state index in [1.54, 1.807) is 27.3 Å². The Hall–Kier alpha value is -0.890. The van der Waals surface area contributed by atoms with E-state index >= 15 is 0 Å². The molecule has 1 fully saturated rings. The maximum atomic E-state index is 2.74. The summed E-state index contributed by atoms with van der Waals surface area (Å²) in [4.78, 5) is 4.33. The number of anilines is 1. The number of hydrogen-bond acceptors (Lipinski definition) is 2. The highest BCUT2D eigenvalue weighted by Crippen LogP contribution is 2.61. The second kappa shape index (κ2) is 6.93. The number of rotatable bonds is 3. The van der Waals surface area contributed by atoms with Crippen molar-refractivity contribution in [2.75, 3.05) is 11.4 Å². The Morgan fingerprint density at radius 1 is 1.08 bits per heavy atom. The van der Waals surface area contributed by atoms with Gasteiger partial charge in [0, 0.05) is 29.4 Å². The van der Waals surface area contributed by atoms with Crippen molar-refractivity contribution in [3.05, 3.63) is 39.8 Å². The Morgan fingerprint density at radius 3 is 2.50 bits per heavy atom. The van der Waals surface area contributed by atoms with Gasteiger partial charge in [0.15, 0.2) is 0 Å². The van der Waals surface area contributed by atoms with Crippen LogP contribution >= 0.6 is 11.8 Å². The van der Waals surface area contributed by atoms with Crippen LogP contribution in [0.2, 0.25) is 0 Å². The Labute approximate surface area is 164 Å². The molecule has 3 aliphatic rings. The van der Waals surface area contributed by atoms with Crippen LogP contribution in [-0.4, -0.2) is 17.8 Å². The van der Waals surface area contributed by atoms with Crippen LogP contribution in [0.25, 0.3) is 0 Å². The number of hydrogen-bond donors (Lipinski definition) is 0. The first kappa shape index (κ1) is 18.5. The van der Waals surface area contributed by atoms with E-state index in [2.05, 4.69) is 76.4 Å². The second-order valence-electron chi connectivity index (χ2n) is 8.83. The van der Waals surface area contributed by atoms with Crippen molar-refractivity contribution in [2.45, 2.75) is 78.0 Å². The van der Waals surface area contributed by atoms with Crippen molar-refractivity contribution < 1.29 is 0 Å². The number of para-hydroxylation sites is 1. The van der Waals surface area contributed by atoms with Crippen LogP contribution in [-0.2, 0) is 6.42 Å². The minimum atomic E-state index is 0.687. The normalized spacial score (nSPS) is 36.5. The average Bonchev–Trinajstić information content (AvgIpc) is 3.07. The van der Waals surface area contributed by atoms with Crippen molar-refractivity contribution in [1.82, 2.24) is 0 Å². The van der Waals surface area contributed by atoms with E-state index in [9.17, 15) is 0 Å². The first-order valence-electron chi connectivity index (χ1n) is 10.7. The molecule has 0 radical (unpaired) electrons. The van der Waals surface area contributed by atoms with Gasteiger partial charge in [-0.05, 0) is 73.8 Å². The summed E-state index contributed by atoms with van der Waals surface area (Å²) in [5.74, 6) is 3.00. The molecule has 0 saturated heterocycles. The molecule has 6 unspecified atom stereocenters. The molecule has 4 rings (SSSR count). The molecule has 1 saturated carbocycles. The summed E-state index contributed by atoms with van der Waals surface area (Å²) in [6, 6.07) is 7.92.